The monoisotopic (exact) mass is 410 g/mol. The number of nitrogens with zero attached hydrogens (tertiary/aromatic N) is 4. The van der Waals surface area contributed by atoms with E-state index in [1.54, 1.807) is 16.8 Å². The molecule has 5 N–H and O–H groups in total. The van der Waals surface area contributed by atoms with E-state index < -0.39 is 5.91 Å². The molecule has 30 heavy (non-hydrogen) atoms. The lowest BCUT2D eigenvalue weighted by Crippen LogP contribution is -2.43. The first-order valence-corrected chi connectivity index (χ1v) is 10.3. The van der Waals surface area contributed by atoms with Crippen molar-refractivity contribution in [1.82, 2.24) is 14.5 Å². The molecule has 1 aliphatic carbocycles. The zero-order valence-corrected chi connectivity index (χ0v) is 17.1. The number of aliphatic hydroxyl groups is 1. The number of aromatic nitrogens is 3. The van der Waals surface area contributed by atoms with Gasteiger partial charge in [-0.3, -0.25) is 9.36 Å². The molecule has 2 aliphatic heterocycles. The van der Waals surface area contributed by atoms with E-state index >= 15 is 0 Å². The van der Waals surface area contributed by atoms with Crippen molar-refractivity contribution in [3.63, 3.8) is 0 Å². The van der Waals surface area contributed by atoms with E-state index in [4.69, 9.17) is 21.2 Å². The van der Waals surface area contributed by atoms with Crippen molar-refractivity contribution in [3.8, 4) is 0 Å². The third-order valence-electron chi connectivity index (χ3n) is 6.44. The van der Waals surface area contributed by atoms with Crippen LogP contribution >= 0.6 is 0 Å². The summed E-state index contributed by atoms with van der Waals surface area (Å²) in [6, 6.07) is 0. The molecule has 5 rings (SSSR count). The minimum atomic E-state index is -0.647. The Morgan fingerprint density at radius 2 is 2.00 bits per heavy atom. The van der Waals surface area contributed by atoms with Crippen LogP contribution in [-0.2, 0) is 4.74 Å². The quantitative estimate of drug-likeness (QED) is 0.706. The number of allylic oxidation sites excluding steroid dienone is 3. The first-order valence-electron chi connectivity index (χ1n) is 10.3. The smallest absolute Gasteiger partial charge is 0.254 e. The van der Waals surface area contributed by atoms with Gasteiger partial charge in [-0.15, -0.1) is 0 Å². The first-order chi connectivity index (χ1) is 14.3. The molecule has 2 bridgehead atoms. The van der Waals surface area contributed by atoms with E-state index in [2.05, 4.69) is 9.88 Å². The molecule has 0 saturated carbocycles. The Bertz CT molecular complexity index is 1110. The summed E-state index contributed by atoms with van der Waals surface area (Å²) in [4.78, 5) is 23.9. The number of aliphatic hydroxyl groups excluding tert-OH is 1. The molecule has 0 spiro atoms. The van der Waals surface area contributed by atoms with Gasteiger partial charge in [0.25, 0.3) is 5.91 Å². The van der Waals surface area contributed by atoms with Crippen LogP contribution in [0.3, 0.4) is 0 Å². The van der Waals surface area contributed by atoms with Crippen molar-refractivity contribution >= 4 is 34.4 Å². The zero-order chi connectivity index (χ0) is 21.2. The molecule has 9 nitrogen and oxygen atoms in total. The van der Waals surface area contributed by atoms with E-state index in [0.29, 0.717) is 29.0 Å². The molecule has 2 aromatic heterocycles. The minimum absolute atomic E-state index is 0.0795. The normalized spacial score (nSPS) is 26.4. The summed E-state index contributed by atoms with van der Waals surface area (Å²) < 4.78 is 7.63. The Kier molecular flexibility index (Phi) is 4.25. The van der Waals surface area contributed by atoms with Gasteiger partial charge < -0.3 is 26.2 Å². The van der Waals surface area contributed by atoms with Gasteiger partial charge in [-0.25, -0.2) is 9.97 Å². The van der Waals surface area contributed by atoms with Crippen molar-refractivity contribution in [2.24, 2.45) is 11.7 Å². The second kappa shape index (κ2) is 6.73. The summed E-state index contributed by atoms with van der Waals surface area (Å²) in [6.45, 7) is 5.37. The number of morpholine rings is 1. The van der Waals surface area contributed by atoms with Gasteiger partial charge in [-0.05, 0) is 32.3 Å². The molecule has 2 aromatic rings. The lowest BCUT2D eigenvalue weighted by Gasteiger charge is -2.32. The maximum absolute atomic E-state index is 12.3. The fourth-order valence-corrected chi connectivity index (χ4v) is 4.94. The van der Waals surface area contributed by atoms with Crippen molar-refractivity contribution in [3.05, 3.63) is 29.2 Å². The standard InChI is InChI=1S/C21H26N6O3/c1-10-3-6-14(28)11(2)18(10)27-19(22)16(20(23)29)17-21(27)24-7-15(25-17)26-8-12-4-5-13(9-26)30-12/h6-7,10,12-13,28H,3-5,8-9,22H2,1-2H3,(H2,23,29)/t10?,12-,13+. The Balaban J connectivity index is 1.68. The number of nitrogens with two attached hydrogens (primary N) is 2. The highest BCUT2D eigenvalue weighted by molar-refractivity contribution is 6.10. The molecule has 0 radical (unpaired) electrons. The van der Waals surface area contributed by atoms with Crippen molar-refractivity contribution in [2.75, 3.05) is 23.7 Å². The highest BCUT2D eigenvalue weighted by atomic mass is 16.5. The van der Waals surface area contributed by atoms with Crippen LogP contribution in [0.5, 0.6) is 0 Å². The van der Waals surface area contributed by atoms with Crippen LogP contribution in [0.25, 0.3) is 16.9 Å². The highest BCUT2D eigenvalue weighted by Crippen LogP contribution is 2.39. The second-order valence-corrected chi connectivity index (χ2v) is 8.46. The van der Waals surface area contributed by atoms with Crippen LogP contribution in [0.15, 0.2) is 23.6 Å². The molecular weight excluding hydrogens is 384 g/mol. The maximum atomic E-state index is 12.3. The number of anilines is 2. The average molecular weight is 410 g/mol. The summed E-state index contributed by atoms with van der Waals surface area (Å²) >= 11 is 0. The third kappa shape index (κ3) is 2.76. The Labute approximate surface area is 174 Å². The van der Waals surface area contributed by atoms with Gasteiger partial charge in [0.15, 0.2) is 5.65 Å². The summed E-state index contributed by atoms with van der Waals surface area (Å²) in [7, 11) is 0. The molecule has 1 amide bonds. The van der Waals surface area contributed by atoms with E-state index in [0.717, 1.165) is 31.6 Å². The molecule has 9 heteroatoms. The molecule has 2 saturated heterocycles. The molecule has 3 atom stereocenters. The number of carbonyl (C=O) groups excluding carboxylic acids is 1. The van der Waals surface area contributed by atoms with Crippen LogP contribution in [-0.4, -0.2) is 50.8 Å². The van der Waals surface area contributed by atoms with Crippen LogP contribution in [0.2, 0.25) is 0 Å². The summed E-state index contributed by atoms with van der Waals surface area (Å²) in [5, 5.41) is 10.3. The number of rotatable bonds is 3. The minimum Gasteiger partial charge on any atom is -0.508 e. The Hall–Kier alpha value is -3.07. The van der Waals surface area contributed by atoms with Crippen molar-refractivity contribution in [2.45, 2.75) is 45.3 Å². The molecular formula is C21H26N6O3. The lowest BCUT2D eigenvalue weighted by molar-refractivity contribution is 0.0302. The fraction of sp³-hybridized carbons (Fsp3) is 0.476. The molecule has 3 aliphatic rings. The summed E-state index contributed by atoms with van der Waals surface area (Å²) in [6.07, 6.45) is 6.67. The Morgan fingerprint density at radius 3 is 2.67 bits per heavy atom. The lowest BCUT2D eigenvalue weighted by atomic mass is 9.93. The Morgan fingerprint density at radius 1 is 1.30 bits per heavy atom. The number of hydrogen-bond acceptors (Lipinski definition) is 7. The van der Waals surface area contributed by atoms with Crippen LogP contribution in [0, 0.1) is 5.92 Å². The predicted molar refractivity (Wildman–Crippen MR) is 114 cm³/mol. The zero-order valence-electron chi connectivity index (χ0n) is 17.1. The van der Waals surface area contributed by atoms with Gasteiger partial charge in [-0.2, -0.15) is 0 Å². The van der Waals surface area contributed by atoms with Gasteiger partial charge in [0.05, 0.1) is 18.4 Å². The molecule has 2 fully saturated rings. The highest BCUT2D eigenvalue weighted by Gasteiger charge is 2.35. The van der Waals surface area contributed by atoms with Gasteiger partial charge in [0.2, 0.25) is 0 Å². The predicted octanol–water partition coefficient (Wildman–Crippen LogP) is 2.19. The van der Waals surface area contributed by atoms with E-state index in [9.17, 15) is 9.90 Å². The number of primary amides is 1. The number of hydrogen-bond donors (Lipinski definition) is 3. The maximum Gasteiger partial charge on any atom is 0.254 e. The topological polar surface area (TPSA) is 133 Å². The molecule has 4 heterocycles. The molecule has 158 valence electrons. The largest absolute Gasteiger partial charge is 0.508 e. The van der Waals surface area contributed by atoms with Crippen LogP contribution in [0.4, 0.5) is 11.6 Å². The van der Waals surface area contributed by atoms with Crippen molar-refractivity contribution < 1.29 is 14.6 Å². The van der Waals surface area contributed by atoms with E-state index in [1.807, 2.05) is 13.8 Å². The summed E-state index contributed by atoms with van der Waals surface area (Å²) in [5.74, 6) is 0.528. The summed E-state index contributed by atoms with van der Waals surface area (Å²) in [5.41, 5.74) is 14.6. The van der Waals surface area contributed by atoms with Crippen LogP contribution < -0.4 is 16.4 Å². The number of fused-ring (bicyclic) bond motifs is 3. The fourth-order valence-electron chi connectivity index (χ4n) is 4.94. The SMILES string of the molecule is CC1=C(n2c(N)c(C(N)=O)c3nc(N4C[C@H]5CC[C@@H](C4)O5)cnc32)C(C)CC=C1O. The van der Waals surface area contributed by atoms with Gasteiger partial charge in [0, 0.05) is 30.3 Å². The number of carbonyl (C=O) groups is 1. The molecule has 0 aromatic carbocycles. The second-order valence-electron chi connectivity index (χ2n) is 8.46. The van der Waals surface area contributed by atoms with E-state index in [1.165, 1.54) is 0 Å². The number of ether oxygens (including phenoxy) is 1. The third-order valence-corrected chi connectivity index (χ3v) is 6.44. The average Bonchev–Trinajstić information content (AvgIpc) is 3.20. The first kappa shape index (κ1) is 18.9. The van der Waals surface area contributed by atoms with Gasteiger partial charge in [0.1, 0.15) is 28.5 Å². The van der Waals surface area contributed by atoms with E-state index in [-0.39, 0.29) is 35.3 Å². The van der Waals surface area contributed by atoms with Gasteiger partial charge in [-0.1, -0.05) is 6.92 Å². The van der Waals surface area contributed by atoms with Crippen molar-refractivity contribution in [1.29, 1.82) is 0 Å². The molecule has 1 unspecified atom stereocenters. The van der Waals surface area contributed by atoms with Gasteiger partial charge >= 0.3 is 0 Å². The number of nitrogen functional groups attached to an aromatic ring is 1. The van der Waals surface area contributed by atoms with Crippen LogP contribution in [0.1, 0.15) is 43.5 Å². The number of amides is 1.